The third-order valence-corrected chi connectivity index (χ3v) is 3.38. The van der Waals surface area contributed by atoms with Gasteiger partial charge in [-0.1, -0.05) is 0 Å². The highest BCUT2D eigenvalue weighted by atomic mass is 16.5. The van der Waals surface area contributed by atoms with Crippen LogP contribution in [0.1, 0.15) is 36.6 Å². The van der Waals surface area contributed by atoms with Gasteiger partial charge >= 0.3 is 5.97 Å². The molecule has 0 saturated carbocycles. The maximum atomic E-state index is 12.3. The van der Waals surface area contributed by atoms with Crippen LogP contribution in [0.5, 0.6) is 0 Å². The summed E-state index contributed by atoms with van der Waals surface area (Å²) in [5.74, 6) is -2.59. The summed E-state index contributed by atoms with van der Waals surface area (Å²) in [5.41, 5.74) is 21.6. The van der Waals surface area contributed by atoms with Crippen molar-refractivity contribution in [1.82, 2.24) is 0 Å². The fourth-order valence-corrected chi connectivity index (χ4v) is 2.27. The van der Waals surface area contributed by atoms with Crippen molar-refractivity contribution in [3.63, 3.8) is 0 Å². The highest BCUT2D eigenvalue weighted by Gasteiger charge is 2.27. The van der Waals surface area contributed by atoms with Crippen LogP contribution in [-0.2, 0) is 9.53 Å². The second kappa shape index (κ2) is 8.83. The van der Waals surface area contributed by atoms with Crippen molar-refractivity contribution in [3.05, 3.63) is 34.4 Å². The summed E-state index contributed by atoms with van der Waals surface area (Å²) in [6, 6.07) is 1.29. The number of anilines is 1. The largest absolute Gasteiger partial charge is 0.466 e. The molecule has 25 heavy (non-hydrogen) atoms. The third-order valence-electron chi connectivity index (χ3n) is 3.38. The minimum Gasteiger partial charge on any atom is -0.466 e. The Morgan fingerprint density at radius 2 is 1.40 bits per heavy atom. The summed E-state index contributed by atoms with van der Waals surface area (Å²) in [4.78, 5) is 48.1. The van der Waals surface area contributed by atoms with E-state index in [1.54, 1.807) is 0 Å². The molecule has 9 heteroatoms. The van der Waals surface area contributed by atoms with Gasteiger partial charge in [0.25, 0.3) is 0 Å². The summed E-state index contributed by atoms with van der Waals surface area (Å²) >= 11 is 0. The molecular formula is C16H20N4O5. The summed E-state index contributed by atoms with van der Waals surface area (Å²) in [6.45, 7) is -1.30. The Bertz CT molecular complexity index is 755. The molecule has 0 aromatic heterocycles. The maximum absolute atomic E-state index is 12.3. The predicted octanol–water partition coefficient (Wildman–Crippen LogP) is -1.12. The number of ketones is 3. The molecule has 8 N–H and O–H groups in total. The SMILES string of the molecule is COC(=O)/C=C/c1cc(N)c(C(=O)CN)c(C(=O)CN)c1C(=O)CN. The molecule has 1 rings (SSSR count). The lowest BCUT2D eigenvalue weighted by Gasteiger charge is -2.17. The molecule has 9 nitrogen and oxygen atoms in total. The average molecular weight is 348 g/mol. The van der Waals surface area contributed by atoms with E-state index in [9.17, 15) is 19.2 Å². The number of ether oxygens (including phenoxy) is 1. The van der Waals surface area contributed by atoms with Crippen molar-refractivity contribution in [2.24, 2.45) is 17.2 Å². The lowest BCUT2D eigenvalue weighted by Crippen LogP contribution is -2.27. The van der Waals surface area contributed by atoms with Crippen molar-refractivity contribution in [3.8, 4) is 0 Å². The highest BCUT2D eigenvalue weighted by molar-refractivity contribution is 6.20. The van der Waals surface area contributed by atoms with Gasteiger partial charge in [0, 0.05) is 22.9 Å². The Balaban J connectivity index is 3.87. The number of carbonyl (C=O) groups excluding carboxylic acids is 4. The molecule has 0 spiro atoms. The van der Waals surface area contributed by atoms with E-state index in [1.165, 1.54) is 19.3 Å². The smallest absolute Gasteiger partial charge is 0.330 e. The second-order valence-corrected chi connectivity index (χ2v) is 4.92. The van der Waals surface area contributed by atoms with Crippen molar-refractivity contribution >= 4 is 35.1 Å². The van der Waals surface area contributed by atoms with Crippen LogP contribution in [0.3, 0.4) is 0 Å². The van der Waals surface area contributed by atoms with E-state index >= 15 is 0 Å². The van der Waals surface area contributed by atoms with Gasteiger partial charge in [0.15, 0.2) is 17.3 Å². The predicted molar refractivity (Wildman–Crippen MR) is 92.1 cm³/mol. The Labute approximate surface area is 144 Å². The number of carbonyl (C=O) groups is 4. The Hall–Kier alpha value is -2.88. The van der Waals surface area contributed by atoms with Gasteiger partial charge < -0.3 is 27.7 Å². The van der Waals surface area contributed by atoms with Crippen molar-refractivity contribution in [1.29, 1.82) is 0 Å². The van der Waals surface area contributed by atoms with E-state index < -0.39 is 43.0 Å². The van der Waals surface area contributed by atoms with Crippen LogP contribution in [0.25, 0.3) is 6.08 Å². The van der Waals surface area contributed by atoms with Gasteiger partial charge in [-0.3, -0.25) is 14.4 Å². The van der Waals surface area contributed by atoms with Crippen LogP contribution in [0.15, 0.2) is 12.1 Å². The lowest BCUT2D eigenvalue weighted by atomic mass is 9.87. The summed E-state index contributed by atoms with van der Waals surface area (Å²) in [5, 5.41) is 0. The molecule has 0 fully saturated rings. The molecule has 1 aromatic carbocycles. The molecule has 0 aliphatic heterocycles. The molecular weight excluding hydrogens is 328 g/mol. The van der Waals surface area contributed by atoms with Crippen LogP contribution >= 0.6 is 0 Å². The summed E-state index contributed by atoms with van der Waals surface area (Å²) in [6.07, 6.45) is 2.29. The molecule has 0 bridgehead atoms. The Kier molecular flexibility index (Phi) is 7.12. The van der Waals surface area contributed by atoms with Crippen molar-refractivity contribution in [2.45, 2.75) is 0 Å². The fraction of sp³-hybridized carbons (Fsp3) is 0.250. The number of nitrogens with two attached hydrogens (primary N) is 4. The van der Waals surface area contributed by atoms with E-state index in [1.807, 2.05) is 0 Å². The zero-order valence-electron chi connectivity index (χ0n) is 13.7. The van der Waals surface area contributed by atoms with Crippen molar-refractivity contribution in [2.75, 3.05) is 32.5 Å². The van der Waals surface area contributed by atoms with Gasteiger partial charge in [0.1, 0.15) is 0 Å². The quantitative estimate of drug-likeness (QED) is 0.196. The normalized spacial score (nSPS) is 10.7. The number of benzene rings is 1. The first-order valence-electron chi connectivity index (χ1n) is 7.24. The molecule has 0 radical (unpaired) electrons. The summed E-state index contributed by atoms with van der Waals surface area (Å²) < 4.78 is 4.48. The Morgan fingerprint density at radius 1 is 0.920 bits per heavy atom. The van der Waals surface area contributed by atoms with E-state index in [2.05, 4.69) is 4.74 Å². The summed E-state index contributed by atoms with van der Waals surface area (Å²) in [7, 11) is 1.18. The van der Waals surface area contributed by atoms with Gasteiger partial charge in [0.2, 0.25) is 0 Å². The lowest BCUT2D eigenvalue weighted by molar-refractivity contribution is -0.134. The van der Waals surface area contributed by atoms with Gasteiger partial charge in [-0.2, -0.15) is 0 Å². The fourth-order valence-electron chi connectivity index (χ4n) is 2.27. The van der Waals surface area contributed by atoms with Crippen LogP contribution in [0.4, 0.5) is 5.69 Å². The molecule has 1 aromatic rings. The number of Topliss-reactive ketones (excluding diaryl/α,β-unsaturated/α-hetero) is 3. The molecule has 0 aliphatic carbocycles. The first kappa shape index (κ1) is 20.2. The monoisotopic (exact) mass is 348 g/mol. The highest BCUT2D eigenvalue weighted by Crippen LogP contribution is 2.28. The first-order chi connectivity index (χ1) is 11.8. The standard InChI is InChI=1S/C16H20N4O5/c1-25-13(24)3-2-8-4-9(20)15(11(22)6-18)16(12(23)7-19)14(8)10(21)5-17/h2-4H,5-7,17-20H2,1H3/b3-2+. The van der Waals surface area contributed by atoms with Gasteiger partial charge in [0.05, 0.1) is 32.3 Å². The van der Waals surface area contributed by atoms with Crippen LogP contribution in [-0.4, -0.2) is 50.1 Å². The number of rotatable bonds is 8. The average Bonchev–Trinajstić information content (AvgIpc) is 2.63. The van der Waals surface area contributed by atoms with Gasteiger partial charge in [-0.15, -0.1) is 0 Å². The minimum absolute atomic E-state index is 0.0645. The third kappa shape index (κ3) is 4.35. The van der Waals surface area contributed by atoms with Crippen LogP contribution in [0.2, 0.25) is 0 Å². The minimum atomic E-state index is -0.682. The van der Waals surface area contributed by atoms with E-state index in [0.29, 0.717) is 0 Å². The van der Waals surface area contributed by atoms with Crippen molar-refractivity contribution < 1.29 is 23.9 Å². The van der Waals surface area contributed by atoms with Gasteiger partial charge in [-0.25, -0.2) is 4.79 Å². The molecule has 0 saturated heterocycles. The molecule has 0 heterocycles. The zero-order valence-corrected chi connectivity index (χ0v) is 13.7. The van der Waals surface area contributed by atoms with Crippen LogP contribution in [0, 0.1) is 0 Å². The molecule has 134 valence electrons. The van der Waals surface area contributed by atoms with Gasteiger partial charge in [-0.05, 0) is 17.7 Å². The number of methoxy groups -OCH3 is 1. The van der Waals surface area contributed by atoms with E-state index in [0.717, 1.165) is 6.08 Å². The number of hydrogen-bond acceptors (Lipinski definition) is 9. The maximum Gasteiger partial charge on any atom is 0.330 e. The number of nitrogen functional groups attached to an aromatic ring is 1. The first-order valence-corrected chi connectivity index (χ1v) is 7.24. The molecule has 0 atom stereocenters. The molecule has 0 amide bonds. The molecule has 0 unspecified atom stereocenters. The second-order valence-electron chi connectivity index (χ2n) is 4.92. The topological polar surface area (TPSA) is 182 Å². The van der Waals surface area contributed by atoms with E-state index in [4.69, 9.17) is 22.9 Å². The molecule has 0 aliphatic rings. The van der Waals surface area contributed by atoms with Crippen LogP contribution < -0.4 is 22.9 Å². The Morgan fingerprint density at radius 3 is 1.88 bits per heavy atom. The number of esters is 1. The van der Waals surface area contributed by atoms with E-state index in [-0.39, 0.29) is 27.9 Å². The number of hydrogen-bond donors (Lipinski definition) is 4. The zero-order chi connectivity index (χ0) is 19.1.